The number of hydrogen-bond acceptors (Lipinski definition) is 2. The fourth-order valence-electron chi connectivity index (χ4n) is 2.63. The molecular weight excluding hydrogens is 284 g/mol. The second-order valence-corrected chi connectivity index (χ2v) is 7.02. The van der Waals surface area contributed by atoms with Crippen molar-refractivity contribution in [1.29, 1.82) is 0 Å². The van der Waals surface area contributed by atoms with Gasteiger partial charge in [0.05, 0.1) is 6.54 Å². The highest BCUT2D eigenvalue weighted by Crippen LogP contribution is 2.29. The summed E-state index contributed by atoms with van der Waals surface area (Å²) in [5.41, 5.74) is 5.37. The van der Waals surface area contributed by atoms with Gasteiger partial charge in [-0.3, -0.25) is 4.79 Å². The summed E-state index contributed by atoms with van der Waals surface area (Å²) in [6.07, 6.45) is 0. The molecule has 0 heterocycles. The predicted molar refractivity (Wildman–Crippen MR) is 98.2 cm³/mol. The number of carbonyl (C=O) groups excluding carboxylic acids is 1. The molecule has 0 aliphatic rings. The molecule has 2 aromatic rings. The van der Waals surface area contributed by atoms with Crippen molar-refractivity contribution in [2.45, 2.75) is 40.0 Å². The molecule has 0 spiro atoms. The van der Waals surface area contributed by atoms with E-state index < -0.39 is 0 Å². The molecule has 2 rings (SSSR count). The summed E-state index contributed by atoms with van der Waals surface area (Å²) in [5, 5.41) is 6.22. The van der Waals surface area contributed by atoms with Crippen LogP contribution >= 0.6 is 0 Å². The lowest BCUT2D eigenvalue weighted by Gasteiger charge is -2.23. The Morgan fingerprint density at radius 1 is 1.00 bits per heavy atom. The van der Waals surface area contributed by atoms with Gasteiger partial charge in [0.25, 0.3) is 0 Å². The smallest absolute Gasteiger partial charge is 0.243 e. The van der Waals surface area contributed by atoms with Crippen LogP contribution in [0, 0.1) is 13.8 Å². The van der Waals surface area contributed by atoms with E-state index in [1.54, 1.807) is 0 Å². The van der Waals surface area contributed by atoms with Gasteiger partial charge in [-0.2, -0.15) is 0 Å². The van der Waals surface area contributed by atoms with Gasteiger partial charge in [0, 0.05) is 11.4 Å². The average molecular weight is 310 g/mol. The summed E-state index contributed by atoms with van der Waals surface area (Å²) in [6.45, 7) is 10.8. The third-order valence-corrected chi connectivity index (χ3v) is 3.83. The molecule has 0 bridgehead atoms. The van der Waals surface area contributed by atoms with Crippen molar-refractivity contribution in [2.24, 2.45) is 0 Å². The molecule has 0 atom stereocenters. The fourth-order valence-corrected chi connectivity index (χ4v) is 2.63. The predicted octanol–water partition coefficient (Wildman–Crippen LogP) is 4.65. The zero-order valence-corrected chi connectivity index (χ0v) is 14.7. The van der Waals surface area contributed by atoms with Crippen molar-refractivity contribution in [3.63, 3.8) is 0 Å². The summed E-state index contributed by atoms with van der Waals surface area (Å²) in [5.74, 6) is -0.0401. The van der Waals surface area contributed by atoms with Crippen molar-refractivity contribution in [1.82, 2.24) is 0 Å². The minimum atomic E-state index is -0.0401. The Balaban J connectivity index is 2.03. The highest BCUT2D eigenvalue weighted by molar-refractivity contribution is 5.94. The zero-order chi connectivity index (χ0) is 17.0. The van der Waals surface area contributed by atoms with E-state index in [0.717, 1.165) is 22.5 Å². The van der Waals surface area contributed by atoms with E-state index in [1.165, 1.54) is 5.56 Å². The van der Waals surface area contributed by atoms with Crippen molar-refractivity contribution >= 4 is 17.3 Å². The van der Waals surface area contributed by atoms with Crippen LogP contribution in [0.5, 0.6) is 0 Å². The van der Waals surface area contributed by atoms with Crippen molar-refractivity contribution in [3.05, 3.63) is 59.2 Å². The lowest BCUT2D eigenvalue weighted by Crippen LogP contribution is -2.24. The average Bonchev–Trinajstić information content (AvgIpc) is 2.46. The Bertz CT molecular complexity index is 699. The molecule has 3 nitrogen and oxygen atoms in total. The first-order chi connectivity index (χ1) is 10.8. The highest BCUT2D eigenvalue weighted by Gasteiger charge is 2.18. The molecule has 0 aliphatic carbocycles. The van der Waals surface area contributed by atoms with E-state index >= 15 is 0 Å². The molecule has 0 aliphatic heterocycles. The fraction of sp³-hybridized carbons (Fsp3) is 0.350. The van der Waals surface area contributed by atoms with Gasteiger partial charge in [-0.1, -0.05) is 56.7 Å². The molecule has 0 unspecified atom stereocenters. The Kier molecular flexibility index (Phi) is 5.09. The molecule has 0 radical (unpaired) electrons. The summed E-state index contributed by atoms with van der Waals surface area (Å²) in [6, 6.07) is 14.1. The van der Waals surface area contributed by atoms with Gasteiger partial charge in [-0.05, 0) is 42.5 Å². The maximum atomic E-state index is 12.3. The molecule has 0 saturated heterocycles. The van der Waals surface area contributed by atoms with Crippen LogP contribution in [0.4, 0.5) is 11.4 Å². The molecule has 0 saturated carbocycles. The molecule has 122 valence electrons. The Morgan fingerprint density at radius 3 is 2.35 bits per heavy atom. The SMILES string of the molecule is Cc1ccc(NCC(=O)Nc2ccccc2C(C)(C)C)c(C)c1. The monoisotopic (exact) mass is 310 g/mol. The number of para-hydroxylation sites is 1. The summed E-state index contributed by atoms with van der Waals surface area (Å²) < 4.78 is 0. The number of rotatable bonds is 4. The Hall–Kier alpha value is -2.29. The number of anilines is 2. The largest absolute Gasteiger partial charge is 0.376 e. The summed E-state index contributed by atoms with van der Waals surface area (Å²) >= 11 is 0. The van der Waals surface area contributed by atoms with E-state index in [1.807, 2.05) is 37.3 Å². The van der Waals surface area contributed by atoms with E-state index in [2.05, 4.69) is 50.5 Å². The molecule has 1 amide bonds. The highest BCUT2D eigenvalue weighted by atomic mass is 16.1. The van der Waals surface area contributed by atoms with Gasteiger partial charge < -0.3 is 10.6 Å². The van der Waals surface area contributed by atoms with E-state index in [4.69, 9.17) is 0 Å². The van der Waals surface area contributed by atoms with Gasteiger partial charge in [0.15, 0.2) is 0 Å². The molecular formula is C20H26N2O. The summed E-state index contributed by atoms with van der Waals surface area (Å²) in [4.78, 5) is 12.3. The molecule has 0 fully saturated rings. The standard InChI is InChI=1S/C20H26N2O/c1-14-10-11-17(15(2)12-14)21-13-19(23)22-18-9-7-6-8-16(18)20(3,4)5/h6-12,21H,13H2,1-5H3,(H,22,23). The lowest BCUT2D eigenvalue weighted by molar-refractivity contribution is -0.114. The number of amides is 1. The van der Waals surface area contributed by atoms with Gasteiger partial charge in [-0.25, -0.2) is 0 Å². The third kappa shape index (κ3) is 4.59. The van der Waals surface area contributed by atoms with Crippen LogP contribution < -0.4 is 10.6 Å². The van der Waals surface area contributed by atoms with E-state index in [-0.39, 0.29) is 17.9 Å². The first kappa shape index (κ1) is 17.1. The van der Waals surface area contributed by atoms with Crippen molar-refractivity contribution in [2.75, 3.05) is 17.2 Å². The van der Waals surface area contributed by atoms with E-state index in [9.17, 15) is 4.79 Å². The quantitative estimate of drug-likeness (QED) is 0.863. The van der Waals surface area contributed by atoms with Gasteiger partial charge >= 0.3 is 0 Å². The Labute approximate surface area is 139 Å². The van der Waals surface area contributed by atoms with Gasteiger partial charge in [0.1, 0.15) is 0 Å². The van der Waals surface area contributed by atoms with Crippen LogP contribution in [0.2, 0.25) is 0 Å². The molecule has 23 heavy (non-hydrogen) atoms. The zero-order valence-electron chi connectivity index (χ0n) is 14.7. The third-order valence-electron chi connectivity index (χ3n) is 3.83. The van der Waals surface area contributed by atoms with Crippen LogP contribution in [0.15, 0.2) is 42.5 Å². The first-order valence-corrected chi connectivity index (χ1v) is 7.98. The number of hydrogen-bond donors (Lipinski definition) is 2. The molecule has 2 aromatic carbocycles. The van der Waals surface area contributed by atoms with Gasteiger partial charge in [0.2, 0.25) is 5.91 Å². The minimum absolute atomic E-state index is 0.00908. The van der Waals surface area contributed by atoms with Crippen LogP contribution in [-0.4, -0.2) is 12.5 Å². The lowest BCUT2D eigenvalue weighted by atomic mass is 9.86. The second kappa shape index (κ2) is 6.86. The van der Waals surface area contributed by atoms with Crippen LogP contribution in [0.3, 0.4) is 0 Å². The molecule has 3 heteroatoms. The van der Waals surface area contributed by atoms with Crippen LogP contribution in [0.25, 0.3) is 0 Å². The van der Waals surface area contributed by atoms with Crippen molar-refractivity contribution in [3.8, 4) is 0 Å². The number of nitrogens with one attached hydrogen (secondary N) is 2. The molecule has 0 aromatic heterocycles. The first-order valence-electron chi connectivity index (χ1n) is 7.98. The maximum Gasteiger partial charge on any atom is 0.243 e. The maximum absolute atomic E-state index is 12.3. The topological polar surface area (TPSA) is 41.1 Å². The van der Waals surface area contributed by atoms with E-state index in [0.29, 0.717) is 0 Å². The van der Waals surface area contributed by atoms with Crippen LogP contribution in [-0.2, 0) is 10.2 Å². The normalized spacial score (nSPS) is 11.2. The van der Waals surface area contributed by atoms with Crippen LogP contribution in [0.1, 0.15) is 37.5 Å². The Morgan fingerprint density at radius 2 is 1.70 bits per heavy atom. The minimum Gasteiger partial charge on any atom is -0.376 e. The second-order valence-electron chi connectivity index (χ2n) is 7.02. The number of benzene rings is 2. The van der Waals surface area contributed by atoms with Gasteiger partial charge in [-0.15, -0.1) is 0 Å². The number of aryl methyl sites for hydroxylation is 2. The number of carbonyl (C=O) groups is 1. The summed E-state index contributed by atoms with van der Waals surface area (Å²) in [7, 11) is 0. The molecule has 2 N–H and O–H groups in total. The van der Waals surface area contributed by atoms with Crippen molar-refractivity contribution < 1.29 is 4.79 Å².